The van der Waals surface area contributed by atoms with Crippen molar-refractivity contribution >= 4 is 11.9 Å². The lowest BCUT2D eigenvalue weighted by molar-refractivity contribution is -0.143. The molecule has 8 nitrogen and oxygen atoms in total. The van der Waals surface area contributed by atoms with Crippen molar-refractivity contribution < 1.29 is 28.9 Å². The Bertz CT molecular complexity index is 992. The van der Waals surface area contributed by atoms with Crippen molar-refractivity contribution in [2.45, 2.75) is 18.9 Å². The Morgan fingerprint density at radius 1 is 1.12 bits per heavy atom. The number of aliphatic carboxylic acids is 1. The first-order chi connectivity index (χ1) is 15.4. The highest BCUT2D eigenvalue weighted by Crippen LogP contribution is 2.47. The number of nitrogens with zero attached hydrogens (tertiary/aromatic N) is 2. The number of carboxylic acid groups (broad SMARTS) is 1. The molecule has 0 radical (unpaired) electrons. The molecule has 32 heavy (non-hydrogen) atoms. The van der Waals surface area contributed by atoms with Crippen molar-refractivity contribution in [1.29, 1.82) is 0 Å². The summed E-state index contributed by atoms with van der Waals surface area (Å²) in [6.07, 6.45) is 0. The fourth-order valence-corrected chi connectivity index (χ4v) is 4.54. The summed E-state index contributed by atoms with van der Waals surface area (Å²) in [5.74, 6) is -0.0137. The molecule has 2 aliphatic heterocycles. The van der Waals surface area contributed by atoms with Crippen LogP contribution in [-0.2, 0) is 9.59 Å². The maximum Gasteiger partial charge on any atom is 0.309 e. The third-order valence-electron chi connectivity index (χ3n) is 6.40. The number of likely N-dealkylation sites (tertiary alicyclic amines) is 1. The number of benzene rings is 2. The number of carboxylic acids is 1. The average molecular weight is 440 g/mol. The van der Waals surface area contributed by atoms with Gasteiger partial charge in [-0.25, -0.2) is 0 Å². The van der Waals surface area contributed by atoms with Crippen molar-refractivity contribution in [3.63, 3.8) is 0 Å². The predicted molar refractivity (Wildman–Crippen MR) is 117 cm³/mol. The zero-order valence-electron chi connectivity index (χ0n) is 18.5. The minimum Gasteiger partial charge on any atom is -0.497 e. The number of ether oxygens (including phenoxy) is 3. The van der Waals surface area contributed by atoms with Gasteiger partial charge >= 0.3 is 5.97 Å². The van der Waals surface area contributed by atoms with E-state index in [4.69, 9.17) is 14.2 Å². The summed E-state index contributed by atoms with van der Waals surface area (Å²) in [5.41, 5.74) is 1.70. The largest absolute Gasteiger partial charge is 0.497 e. The lowest BCUT2D eigenvalue weighted by atomic mass is 9.82. The summed E-state index contributed by atoms with van der Waals surface area (Å²) in [6.45, 7) is 3.25. The van der Waals surface area contributed by atoms with Crippen molar-refractivity contribution in [3.05, 3.63) is 53.6 Å². The fraction of sp³-hybridized carbons (Fsp3) is 0.417. The highest BCUT2D eigenvalue weighted by Gasteiger charge is 2.48. The average Bonchev–Trinajstić information content (AvgIpc) is 3.42. The molecule has 8 heteroatoms. The number of carbonyl (C=O) groups excluding carboxylic acids is 1. The van der Waals surface area contributed by atoms with Gasteiger partial charge < -0.3 is 24.2 Å². The van der Waals surface area contributed by atoms with E-state index in [9.17, 15) is 14.7 Å². The summed E-state index contributed by atoms with van der Waals surface area (Å²) in [6, 6.07) is 12.5. The molecule has 1 N–H and O–H groups in total. The number of rotatable bonds is 7. The second kappa shape index (κ2) is 9.08. The molecule has 2 aliphatic rings. The van der Waals surface area contributed by atoms with Crippen LogP contribution in [0.1, 0.15) is 30.0 Å². The van der Waals surface area contributed by atoms with E-state index in [1.807, 2.05) is 54.3 Å². The Hall–Kier alpha value is -3.26. The van der Waals surface area contributed by atoms with Gasteiger partial charge in [0, 0.05) is 32.1 Å². The molecule has 1 unspecified atom stereocenters. The molecule has 170 valence electrons. The molecule has 3 atom stereocenters. The zero-order valence-corrected chi connectivity index (χ0v) is 18.5. The standard InChI is InChI=1S/C24H28N2O6/c1-4-25(2)21(27)13-26-12-18(16-7-10-19-20(11-16)32-14-31-19)22(24(28)29)23(26)15-5-8-17(30-3)9-6-15/h5-11,18,22-23H,4,12-14H2,1-3H3,(H,28,29)/t18?,22-,23+/m0/s1. The van der Waals surface area contributed by atoms with E-state index in [1.165, 1.54) is 0 Å². The van der Waals surface area contributed by atoms with E-state index in [2.05, 4.69) is 0 Å². The first-order valence-electron chi connectivity index (χ1n) is 10.7. The SMILES string of the molecule is CCN(C)C(=O)CN1CC(c2ccc3c(c2)OCO3)[C@H](C(=O)O)[C@H]1c1ccc(OC)cc1. The van der Waals surface area contributed by atoms with Gasteiger partial charge in [-0.15, -0.1) is 0 Å². The van der Waals surface area contributed by atoms with Gasteiger partial charge in [-0.1, -0.05) is 18.2 Å². The molecular weight excluding hydrogens is 412 g/mol. The van der Waals surface area contributed by atoms with E-state index < -0.39 is 17.9 Å². The van der Waals surface area contributed by atoms with Crippen molar-refractivity contribution in [3.8, 4) is 17.2 Å². The molecule has 1 saturated heterocycles. The Balaban J connectivity index is 1.72. The van der Waals surface area contributed by atoms with Gasteiger partial charge in [-0.2, -0.15) is 0 Å². The van der Waals surface area contributed by atoms with Crippen LogP contribution in [0, 0.1) is 5.92 Å². The topological polar surface area (TPSA) is 88.5 Å². The molecule has 2 aromatic rings. The maximum absolute atomic E-state index is 12.8. The van der Waals surface area contributed by atoms with Gasteiger partial charge in [-0.3, -0.25) is 14.5 Å². The van der Waals surface area contributed by atoms with E-state index in [0.717, 1.165) is 11.1 Å². The second-order valence-corrected chi connectivity index (χ2v) is 8.14. The smallest absolute Gasteiger partial charge is 0.309 e. The first kappa shape index (κ1) is 22.0. The third-order valence-corrected chi connectivity index (χ3v) is 6.40. The molecule has 1 fully saturated rings. The minimum absolute atomic E-state index is 0.0403. The van der Waals surface area contributed by atoms with Crippen LogP contribution in [0.5, 0.6) is 17.2 Å². The highest BCUT2D eigenvalue weighted by molar-refractivity contribution is 5.79. The molecule has 0 saturated carbocycles. The summed E-state index contributed by atoms with van der Waals surface area (Å²) in [5, 5.41) is 10.3. The van der Waals surface area contributed by atoms with Crippen LogP contribution in [-0.4, -0.2) is 67.4 Å². The Labute approximate surface area is 187 Å². The molecule has 0 aromatic heterocycles. The van der Waals surface area contributed by atoms with Crippen molar-refractivity contribution in [1.82, 2.24) is 9.80 Å². The summed E-state index contributed by atoms with van der Waals surface area (Å²) in [7, 11) is 3.34. The van der Waals surface area contributed by atoms with E-state index in [1.54, 1.807) is 19.1 Å². The summed E-state index contributed by atoms with van der Waals surface area (Å²) < 4.78 is 16.2. The predicted octanol–water partition coefficient (Wildman–Crippen LogP) is 2.74. The number of hydrogen-bond donors (Lipinski definition) is 1. The van der Waals surface area contributed by atoms with Gasteiger partial charge in [0.2, 0.25) is 12.7 Å². The van der Waals surface area contributed by atoms with Gasteiger partial charge in [0.15, 0.2) is 11.5 Å². The van der Waals surface area contributed by atoms with Gasteiger partial charge in [0.25, 0.3) is 0 Å². The maximum atomic E-state index is 12.8. The van der Waals surface area contributed by atoms with E-state index >= 15 is 0 Å². The van der Waals surface area contributed by atoms with Gasteiger partial charge in [0.1, 0.15) is 5.75 Å². The summed E-state index contributed by atoms with van der Waals surface area (Å²) >= 11 is 0. The quantitative estimate of drug-likeness (QED) is 0.708. The van der Waals surface area contributed by atoms with Crippen LogP contribution < -0.4 is 14.2 Å². The Morgan fingerprint density at radius 3 is 2.47 bits per heavy atom. The molecule has 2 heterocycles. The molecule has 4 rings (SSSR count). The van der Waals surface area contributed by atoms with Crippen LogP contribution in [0.3, 0.4) is 0 Å². The molecule has 2 aromatic carbocycles. The third kappa shape index (κ3) is 4.10. The zero-order chi connectivity index (χ0) is 22.8. The first-order valence-corrected chi connectivity index (χ1v) is 10.7. The van der Waals surface area contributed by atoms with Crippen LogP contribution in [0.2, 0.25) is 0 Å². The highest BCUT2D eigenvalue weighted by atomic mass is 16.7. The molecule has 0 spiro atoms. The lowest BCUT2D eigenvalue weighted by Gasteiger charge is -2.28. The Morgan fingerprint density at radius 2 is 1.81 bits per heavy atom. The number of fused-ring (bicyclic) bond motifs is 1. The molecule has 0 aliphatic carbocycles. The summed E-state index contributed by atoms with van der Waals surface area (Å²) in [4.78, 5) is 28.9. The number of carbonyl (C=O) groups is 2. The van der Waals surface area contributed by atoms with Crippen molar-refractivity contribution in [2.24, 2.45) is 5.92 Å². The molecule has 1 amide bonds. The number of methoxy groups -OCH3 is 1. The van der Waals surface area contributed by atoms with Crippen LogP contribution in [0.15, 0.2) is 42.5 Å². The normalized spacial score (nSPS) is 22.0. The monoisotopic (exact) mass is 440 g/mol. The van der Waals surface area contributed by atoms with Gasteiger partial charge in [0.05, 0.1) is 19.6 Å². The minimum atomic E-state index is -0.896. The van der Waals surface area contributed by atoms with Gasteiger partial charge in [-0.05, 0) is 42.3 Å². The lowest BCUT2D eigenvalue weighted by Crippen LogP contribution is -2.39. The van der Waals surface area contributed by atoms with E-state index in [-0.39, 0.29) is 25.2 Å². The number of hydrogen-bond acceptors (Lipinski definition) is 6. The fourth-order valence-electron chi connectivity index (χ4n) is 4.54. The van der Waals surface area contributed by atoms with Crippen molar-refractivity contribution in [2.75, 3.05) is 40.6 Å². The van der Waals surface area contributed by atoms with Crippen LogP contribution >= 0.6 is 0 Å². The number of amides is 1. The van der Waals surface area contributed by atoms with Crippen LogP contribution in [0.4, 0.5) is 0 Å². The van der Waals surface area contributed by atoms with Crippen LogP contribution in [0.25, 0.3) is 0 Å². The molecular formula is C24H28N2O6. The number of likely N-dealkylation sites (N-methyl/N-ethyl adjacent to an activating group) is 1. The Kier molecular flexibility index (Phi) is 6.23. The van der Waals surface area contributed by atoms with E-state index in [0.29, 0.717) is 30.3 Å². The molecule has 0 bridgehead atoms. The second-order valence-electron chi connectivity index (χ2n) is 8.14.